The molecular formula is C20H16FN3O5S. The van der Waals surface area contributed by atoms with Crippen LogP contribution in [-0.4, -0.2) is 19.2 Å². The molecule has 3 aromatic rings. The van der Waals surface area contributed by atoms with Crippen molar-refractivity contribution < 1.29 is 22.5 Å². The number of nitro groups is 1. The van der Waals surface area contributed by atoms with Crippen LogP contribution in [-0.2, 0) is 10.0 Å². The van der Waals surface area contributed by atoms with Crippen LogP contribution in [0.25, 0.3) is 0 Å². The van der Waals surface area contributed by atoms with Gasteiger partial charge in [-0.2, -0.15) is 0 Å². The number of nitrogens with zero attached hydrogens (tertiary/aromatic N) is 1. The molecule has 0 aromatic heterocycles. The zero-order valence-corrected chi connectivity index (χ0v) is 16.4. The van der Waals surface area contributed by atoms with Gasteiger partial charge in [0.25, 0.3) is 21.6 Å². The van der Waals surface area contributed by atoms with Gasteiger partial charge in [0.1, 0.15) is 5.82 Å². The lowest BCUT2D eigenvalue weighted by atomic mass is 10.1. The van der Waals surface area contributed by atoms with Gasteiger partial charge in [0.05, 0.1) is 21.1 Å². The fraction of sp³-hybridized carbons (Fsp3) is 0.0500. The lowest BCUT2D eigenvalue weighted by molar-refractivity contribution is -0.385. The fourth-order valence-electron chi connectivity index (χ4n) is 2.66. The molecule has 0 bridgehead atoms. The highest BCUT2D eigenvalue weighted by Gasteiger charge is 2.20. The molecule has 2 N–H and O–H groups in total. The highest BCUT2D eigenvalue weighted by molar-refractivity contribution is 7.92. The summed E-state index contributed by atoms with van der Waals surface area (Å²) in [4.78, 5) is 22.8. The smallest absolute Gasteiger partial charge is 0.276 e. The Kier molecular flexibility index (Phi) is 5.79. The van der Waals surface area contributed by atoms with Crippen molar-refractivity contribution in [1.82, 2.24) is 0 Å². The van der Waals surface area contributed by atoms with E-state index in [1.165, 1.54) is 43.3 Å². The number of carbonyl (C=O) groups excluding carboxylic acids is 1. The summed E-state index contributed by atoms with van der Waals surface area (Å²) in [5, 5.41) is 13.5. The number of amides is 1. The predicted molar refractivity (Wildman–Crippen MR) is 109 cm³/mol. The minimum atomic E-state index is -3.82. The molecule has 0 saturated carbocycles. The Morgan fingerprint density at radius 3 is 2.33 bits per heavy atom. The number of sulfonamides is 1. The van der Waals surface area contributed by atoms with Crippen molar-refractivity contribution in [1.29, 1.82) is 0 Å². The molecular weight excluding hydrogens is 413 g/mol. The standard InChI is InChI=1S/C20H16FN3O5S/c1-13-18(21)10-14(11-19(13)24(26)27)20(25)22-15-6-5-7-16(12-15)23-30(28,29)17-8-3-2-4-9-17/h2-12,23H,1H3,(H,22,25). The number of carbonyl (C=O) groups is 1. The highest BCUT2D eigenvalue weighted by Crippen LogP contribution is 2.24. The zero-order chi connectivity index (χ0) is 21.9. The summed E-state index contributed by atoms with van der Waals surface area (Å²) >= 11 is 0. The van der Waals surface area contributed by atoms with Crippen molar-refractivity contribution in [2.75, 3.05) is 10.0 Å². The topological polar surface area (TPSA) is 118 Å². The van der Waals surface area contributed by atoms with Crippen LogP contribution in [0.15, 0.2) is 71.6 Å². The van der Waals surface area contributed by atoms with Crippen LogP contribution in [0.5, 0.6) is 0 Å². The number of halogens is 1. The molecule has 10 heteroatoms. The largest absolute Gasteiger partial charge is 0.322 e. The minimum absolute atomic E-state index is 0.0712. The molecule has 154 valence electrons. The molecule has 30 heavy (non-hydrogen) atoms. The second-order valence-corrected chi connectivity index (χ2v) is 8.00. The summed E-state index contributed by atoms with van der Waals surface area (Å²) in [6.45, 7) is 1.25. The van der Waals surface area contributed by atoms with Crippen molar-refractivity contribution >= 4 is 33.0 Å². The molecule has 0 heterocycles. The van der Waals surface area contributed by atoms with E-state index >= 15 is 0 Å². The molecule has 1 amide bonds. The Morgan fingerprint density at radius 2 is 1.67 bits per heavy atom. The average Bonchev–Trinajstić information content (AvgIpc) is 2.70. The summed E-state index contributed by atoms with van der Waals surface area (Å²) in [7, 11) is -3.82. The van der Waals surface area contributed by atoms with Gasteiger partial charge >= 0.3 is 0 Å². The van der Waals surface area contributed by atoms with E-state index < -0.39 is 32.4 Å². The predicted octanol–water partition coefficient (Wildman–Crippen LogP) is 4.10. The second kappa shape index (κ2) is 8.29. The molecule has 0 spiro atoms. The third kappa shape index (κ3) is 4.61. The van der Waals surface area contributed by atoms with Crippen molar-refractivity contribution in [2.45, 2.75) is 11.8 Å². The lowest BCUT2D eigenvalue weighted by Gasteiger charge is -2.11. The normalized spacial score (nSPS) is 11.0. The van der Waals surface area contributed by atoms with Crippen molar-refractivity contribution in [3.05, 3.63) is 93.8 Å². The van der Waals surface area contributed by atoms with Gasteiger partial charge in [-0.15, -0.1) is 0 Å². The maximum absolute atomic E-state index is 13.9. The number of benzene rings is 3. The first-order valence-electron chi connectivity index (χ1n) is 8.61. The van der Waals surface area contributed by atoms with E-state index in [2.05, 4.69) is 10.0 Å². The molecule has 8 nitrogen and oxygen atoms in total. The van der Waals surface area contributed by atoms with Gasteiger partial charge in [0.2, 0.25) is 0 Å². The van der Waals surface area contributed by atoms with Crippen LogP contribution in [0.2, 0.25) is 0 Å². The van der Waals surface area contributed by atoms with Crippen molar-refractivity contribution in [3.63, 3.8) is 0 Å². The van der Waals surface area contributed by atoms with Gasteiger partial charge in [-0.1, -0.05) is 24.3 Å². The van der Waals surface area contributed by atoms with Gasteiger partial charge in [-0.05, 0) is 43.3 Å². The van der Waals surface area contributed by atoms with Gasteiger partial charge in [0, 0.05) is 17.3 Å². The third-order valence-corrected chi connectivity index (χ3v) is 5.60. The maximum Gasteiger partial charge on any atom is 0.276 e. The average molecular weight is 429 g/mol. The van der Waals surface area contributed by atoms with Crippen LogP contribution in [0, 0.1) is 22.9 Å². The molecule has 0 fully saturated rings. The lowest BCUT2D eigenvalue weighted by Crippen LogP contribution is -2.15. The van der Waals surface area contributed by atoms with E-state index in [-0.39, 0.29) is 27.4 Å². The Labute approximate surface area is 171 Å². The molecule has 0 aliphatic carbocycles. The summed E-state index contributed by atoms with van der Waals surface area (Å²) in [5.41, 5.74) is -0.506. The third-order valence-electron chi connectivity index (χ3n) is 4.20. The van der Waals surface area contributed by atoms with E-state index in [1.807, 2.05) is 0 Å². The Balaban J connectivity index is 1.82. The van der Waals surface area contributed by atoms with Crippen molar-refractivity contribution in [2.24, 2.45) is 0 Å². The number of hydrogen-bond donors (Lipinski definition) is 2. The maximum atomic E-state index is 13.9. The molecule has 0 atom stereocenters. The first kappa shape index (κ1) is 20.9. The number of rotatable bonds is 6. The number of anilines is 2. The second-order valence-electron chi connectivity index (χ2n) is 6.31. The van der Waals surface area contributed by atoms with E-state index in [4.69, 9.17) is 0 Å². The number of hydrogen-bond acceptors (Lipinski definition) is 5. The molecule has 3 rings (SSSR count). The quantitative estimate of drug-likeness (QED) is 0.452. The summed E-state index contributed by atoms with van der Waals surface area (Å²) in [5.74, 6) is -1.65. The zero-order valence-electron chi connectivity index (χ0n) is 15.6. The van der Waals surface area contributed by atoms with Gasteiger partial charge < -0.3 is 5.32 Å². The van der Waals surface area contributed by atoms with Gasteiger partial charge in [-0.25, -0.2) is 12.8 Å². The van der Waals surface area contributed by atoms with Crippen LogP contribution < -0.4 is 10.0 Å². The first-order valence-corrected chi connectivity index (χ1v) is 10.1. The Morgan fingerprint density at radius 1 is 1.00 bits per heavy atom. The van der Waals surface area contributed by atoms with Crippen LogP contribution in [0.3, 0.4) is 0 Å². The monoisotopic (exact) mass is 429 g/mol. The molecule has 0 aliphatic heterocycles. The summed E-state index contributed by atoms with van der Waals surface area (Å²) < 4.78 is 41.2. The first-order chi connectivity index (χ1) is 14.2. The van der Waals surface area contributed by atoms with Crippen molar-refractivity contribution in [3.8, 4) is 0 Å². The molecule has 0 unspecified atom stereocenters. The minimum Gasteiger partial charge on any atom is -0.322 e. The Hall–Kier alpha value is -3.79. The van der Waals surface area contributed by atoms with Crippen LogP contribution in [0.4, 0.5) is 21.5 Å². The van der Waals surface area contributed by atoms with E-state index in [0.717, 1.165) is 12.1 Å². The molecule has 0 saturated heterocycles. The SMILES string of the molecule is Cc1c(F)cc(C(=O)Nc2cccc(NS(=O)(=O)c3ccccc3)c2)cc1[N+](=O)[O-]. The molecule has 0 aliphatic rings. The highest BCUT2D eigenvalue weighted by atomic mass is 32.2. The van der Waals surface area contributed by atoms with E-state index in [0.29, 0.717) is 0 Å². The Bertz CT molecular complexity index is 1230. The number of nitro benzene ring substituents is 1. The van der Waals surface area contributed by atoms with Gasteiger partial charge in [0.15, 0.2) is 0 Å². The summed E-state index contributed by atoms with van der Waals surface area (Å²) in [6.07, 6.45) is 0. The molecule has 3 aromatic carbocycles. The van der Waals surface area contributed by atoms with E-state index in [9.17, 15) is 27.7 Å². The fourth-order valence-corrected chi connectivity index (χ4v) is 3.73. The number of nitrogens with one attached hydrogen (secondary N) is 2. The van der Waals surface area contributed by atoms with Crippen LogP contribution >= 0.6 is 0 Å². The van der Waals surface area contributed by atoms with E-state index in [1.54, 1.807) is 18.2 Å². The summed E-state index contributed by atoms with van der Waals surface area (Å²) in [6, 6.07) is 15.5. The van der Waals surface area contributed by atoms with Crippen LogP contribution in [0.1, 0.15) is 15.9 Å². The molecule has 0 radical (unpaired) electrons. The van der Waals surface area contributed by atoms with Gasteiger partial charge in [-0.3, -0.25) is 19.6 Å².